The fourth-order valence-electron chi connectivity index (χ4n) is 2.97. The van der Waals surface area contributed by atoms with E-state index in [4.69, 9.17) is 5.73 Å². The standard InChI is InChI=1S/C17H13N3O2/c1-20-13-7-6-9(18)8-11(13)14(17(20)22)15-16(21)10-4-2-3-5-12(10)19-15/h2-8,19H,18H2,1H3/b15-14-. The first-order chi connectivity index (χ1) is 10.6. The Bertz CT molecular complexity index is 883. The number of nitrogen functional groups attached to an aromatic ring is 1. The minimum Gasteiger partial charge on any atom is -0.399 e. The SMILES string of the molecule is CN1C(=O)/C(=C2\Nc3ccccc3C2=O)c2cc(N)ccc21. The number of fused-ring (bicyclic) bond motifs is 2. The number of hydrogen-bond donors (Lipinski definition) is 2. The summed E-state index contributed by atoms with van der Waals surface area (Å²) in [4.78, 5) is 26.7. The van der Waals surface area contributed by atoms with Gasteiger partial charge in [-0.05, 0) is 30.3 Å². The maximum absolute atomic E-state index is 12.6. The van der Waals surface area contributed by atoms with Crippen LogP contribution in [0.4, 0.5) is 17.1 Å². The molecule has 0 saturated heterocycles. The molecule has 0 bridgehead atoms. The van der Waals surface area contributed by atoms with Crippen LogP contribution in [0.3, 0.4) is 0 Å². The fourth-order valence-corrected chi connectivity index (χ4v) is 2.97. The van der Waals surface area contributed by atoms with Gasteiger partial charge in [-0.1, -0.05) is 12.1 Å². The van der Waals surface area contributed by atoms with E-state index < -0.39 is 0 Å². The minimum absolute atomic E-state index is 0.164. The molecule has 22 heavy (non-hydrogen) atoms. The molecular weight excluding hydrogens is 278 g/mol. The number of nitrogens with zero attached hydrogens (tertiary/aromatic N) is 1. The van der Waals surface area contributed by atoms with E-state index in [0.717, 1.165) is 11.4 Å². The first kappa shape index (κ1) is 12.6. The van der Waals surface area contributed by atoms with Crippen LogP contribution in [0.1, 0.15) is 15.9 Å². The molecule has 2 aliphatic heterocycles. The number of Topliss-reactive ketones (excluding diaryl/α,β-unsaturated/α-hetero) is 1. The predicted molar refractivity (Wildman–Crippen MR) is 85.6 cm³/mol. The summed E-state index contributed by atoms with van der Waals surface area (Å²) < 4.78 is 0. The normalized spacial score (nSPS) is 19.2. The van der Waals surface area contributed by atoms with Gasteiger partial charge >= 0.3 is 0 Å². The Morgan fingerprint density at radius 3 is 2.59 bits per heavy atom. The molecule has 0 aliphatic carbocycles. The molecule has 0 saturated carbocycles. The summed E-state index contributed by atoms with van der Waals surface area (Å²) in [6, 6.07) is 12.5. The molecule has 3 N–H and O–H groups in total. The third kappa shape index (κ3) is 1.53. The molecule has 0 atom stereocenters. The highest BCUT2D eigenvalue weighted by molar-refractivity contribution is 6.39. The quantitative estimate of drug-likeness (QED) is 0.576. The average Bonchev–Trinajstić information content (AvgIpc) is 2.96. The van der Waals surface area contributed by atoms with E-state index >= 15 is 0 Å². The van der Waals surface area contributed by atoms with Crippen molar-refractivity contribution >= 4 is 34.3 Å². The lowest BCUT2D eigenvalue weighted by molar-refractivity contribution is -0.112. The predicted octanol–water partition coefficient (Wildman–Crippen LogP) is 2.26. The van der Waals surface area contributed by atoms with E-state index in [0.29, 0.717) is 28.1 Å². The third-order valence-electron chi connectivity index (χ3n) is 4.08. The van der Waals surface area contributed by atoms with Crippen LogP contribution in [0.5, 0.6) is 0 Å². The molecule has 5 heteroatoms. The molecule has 108 valence electrons. The van der Waals surface area contributed by atoms with Gasteiger partial charge in [0.1, 0.15) is 5.70 Å². The van der Waals surface area contributed by atoms with Crippen LogP contribution in [0.2, 0.25) is 0 Å². The Hall–Kier alpha value is -3.08. The van der Waals surface area contributed by atoms with Crippen LogP contribution >= 0.6 is 0 Å². The molecular formula is C17H13N3O2. The number of amides is 1. The van der Waals surface area contributed by atoms with Crippen LogP contribution < -0.4 is 16.0 Å². The van der Waals surface area contributed by atoms with E-state index in [9.17, 15) is 9.59 Å². The molecule has 0 aromatic heterocycles. The van der Waals surface area contributed by atoms with Crippen LogP contribution in [-0.2, 0) is 4.79 Å². The number of hydrogen-bond acceptors (Lipinski definition) is 4. The van der Waals surface area contributed by atoms with Gasteiger partial charge in [0.2, 0.25) is 5.78 Å². The van der Waals surface area contributed by atoms with E-state index in [-0.39, 0.29) is 11.7 Å². The van der Waals surface area contributed by atoms with Crippen molar-refractivity contribution in [3.05, 3.63) is 59.3 Å². The molecule has 2 aliphatic rings. The second-order valence-electron chi connectivity index (χ2n) is 5.39. The van der Waals surface area contributed by atoms with Gasteiger partial charge < -0.3 is 16.0 Å². The maximum atomic E-state index is 12.6. The number of ketones is 1. The Kier molecular flexibility index (Phi) is 2.42. The molecule has 0 unspecified atom stereocenters. The first-order valence-corrected chi connectivity index (χ1v) is 6.91. The van der Waals surface area contributed by atoms with Gasteiger partial charge in [-0.2, -0.15) is 0 Å². The van der Waals surface area contributed by atoms with Crippen molar-refractivity contribution < 1.29 is 9.59 Å². The van der Waals surface area contributed by atoms with Gasteiger partial charge in [0, 0.05) is 29.5 Å². The van der Waals surface area contributed by atoms with E-state index in [1.54, 1.807) is 37.4 Å². The molecule has 5 nitrogen and oxygen atoms in total. The third-order valence-corrected chi connectivity index (χ3v) is 4.08. The van der Waals surface area contributed by atoms with E-state index in [1.165, 1.54) is 4.90 Å². The topological polar surface area (TPSA) is 75.4 Å². The fraction of sp³-hybridized carbons (Fsp3) is 0.0588. The Morgan fingerprint density at radius 1 is 1.05 bits per heavy atom. The van der Waals surface area contributed by atoms with Gasteiger partial charge in [0.05, 0.1) is 11.3 Å². The monoisotopic (exact) mass is 291 g/mol. The van der Waals surface area contributed by atoms with Crippen LogP contribution in [-0.4, -0.2) is 18.7 Å². The van der Waals surface area contributed by atoms with Gasteiger partial charge in [0.15, 0.2) is 0 Å². The zero-order valence-electron chi connectivity index (χ0n) is 11.9. The first-order valence-electron chi connectivity index (χ1n) is 6.91. The van der Waals surface area contributed by atoms with Crippen molar-refractivity contribution in [1.29, 1.82) is 0 Å². The van der Waals surface area contributed by atoms with Crippen molar-refractivity contribution in [2.45, 2.75) is 0 Å². The summed E-state index contributed by atoms with van der Waals surface area (Å²) in [7, 11) is 1.69. The Morgan fingerprint density at radius 2 is 1.82 bits per heavy atom. The summed E-state index contributed by atoms with van der Waals surface area (Å²) in [6.45, 7) is 0. The largest absolute Gasteiger partial charge is 0.399 e. The summed E-state index contributed by atoms with van der Waals surface area (Å²) in [5, 5.41) is 3.08. The van der Waals surface area contributed by atoms with Crippen molar-refractivity contribution in [3.8, 4) is 0 Å². The van der Waals surface area contributed by atoms with Crippen LogP contribution in [0.15, 0.2) is 48.2 Å². The zero-order valence-corrected chi connectivity index (χ0v) is 11.9. The molecule has 0 spiro atoms. The number of nitrogens with one attached hydrogen (secondary N) is 1. The highest BCUT2D eigenvalue weighted by atomic mass is 16.2. The van der Waals surface area contributed by atoms with Crippen molar-refractivity contribution in [2.75, 3.05) is 23.0 Å². The Labute approximate surface area is 127 Å². The summed E-state index contributed by atoms with van der Waals surface area (Å²) in [5.41, 5.74) is 9.86. The molecule has 0 fully saturated rings. The summed E-state index contributed by atoms with van der Waals surface area (Å²) in [5.74, 6) is -0.369. The highest BCUT2D eigenvalue weighted by Crippen LogP contribution is 2.41. The number of anilines is 3. The van der Waals surface area contributed by atoms with Gasteiger partial charge in [-0.3, -0.25) is 9.59 Å². The number of carbonyl (C=O) groups excluding carboxylic acids is 2. The van der Waals surface area contributed by atoms with Gasteiger partial charge in [-0.25, -0.2) is 0 Å². The molecule has 0 radical (unpaired) electrons. The van der Waals surface area contributed by atoms with Crippen molar-refractivity contribution in [3.63, 3.8) is 0 Å². The minimum atomic E-state index is -0.204. The molecule has 1 amide bonds. The highest BCUT2D eigenvalue weighted by Gasteiger charge is 2.37. The number of para-hydroxylation sites is 1. The summed E-state index contributed by atoms with van der Waals surface area (Å²) >= 11 is 0. The number of nitrogens with two attached hydrogens (primary N) is 1. The van der Waals surface area contributed by atoms with E-state index in [1.807, 2.05) is 12.1 Å². The van der Waals surface area contributed by atoms with Crippen molar-refractivity contribution in [2.24, 2.45) is 0 Å². The lowest BCUT2D eigenvalue weighted by atomic mass is 10.0. The average molecular weight is 291 g/mol. The lowest BCUT2D eigenvalue weighted by Crippen LogP contribution is -2.22. The van der Waals surface area contributed by atoms with Crippen LogP contribution in [0, 0.1) is 0 Å². The van der Waals surface area contributed by atoms with Gasteiger partial charge in [-0.15, -0.1) is 0 Å². The van der Waals surface area contributed by atoms with Crippen molar-refractivity contribution in [1.82, 2.24) is 0 Å². The second-order valence-corrected chi connectivity index (χ2v) is 5.39. The summed E-state index contributed by atoms with van der Waals surface area (Å²) in [6.07, 6.45) is 0. The number of rotatable bonds is 0. The second kappa shape index (κ2) is 4.21. The molecule has 2 heterocycles. The Balaban J connectivity index is 1.97. The molecule has 2 aromatic carbocycles. The number of allylic oxidation sites excluding steroid dienone is 1. The smallest absolute Gasteiger partial charge is 0.260 e. The van der Waals surface area contributed by atoms with Gasteiger partial charge in [0.25, 0.3) is 5.91 Å². The number of carbonyl (C=O) groups is 2. The lowest BCUT2D eigenvalue weighted by Gasteiger charge is -2.08. The number of benzene rings is 2. The van der Waals surface area contributed by atoms with E-state index in [2.05, 4.69) is 5.32 Å². The zero-order chi connectivity index (χ0) is 15.4. The molecule has 4 rings (SSSR count). The molecule has 2 aromatic rings. The maximum Gasteiger partial charge on any atom is 0.260 e. The number of likely N-dealkylation sites (N-methyl/N-ethyl adjacent to an activating group) is 1. The van der Waals surface area contributed by atoms with Crippen LogP contribution in [0.25, 0.3) is 5.57 Å².